The molecule has 2 heterocycles. The van der Waals surface area contributed by atoms with Crippen LogP contribution in [0.4, 0.5) is 5.00 Å². The predicted molar refractivity (Wildman–Crippen MR) is 104 cm³/mol. The molecule has 0 atom stereocenters. The molecular formula is C19H27N3O3S. The Hall–Kier alpha value is -2.15. The highest BCUT2D eigenvalue weighted by Crippen LogP contribution is 2.34. The largest absolute Gasteiger partial charge is 0.462 e. The Kier molecular flexibility index (Phi) is 5.91. The fraction of sp³-hybridized carbons (Fsp3) is 0.526. The van der Waals surface area contributed by atoms with E-state index in [2.05, 4.69) is 10.4 Å². The lowest BCUT2D eigenvalue weighted by Crippen LogP contribution is -2.25. The minimum atomic E-state index is -0.397. The molecule has 0 fully saturated rings. The van der Waals surface area contributed by atoms with Gasteiger partial charge in [0.1, 0.15) is 5.00 Å². The van der Waals surface area contributed by atoms with Crippen LogP contribution in [-0.2, 0) is 16.7 Å². The Balaban J connectivity index is 2.39. The molecule has 0 bridgehead atoms. The standard InChI is InChI=1S/C19H27N3O3S/c1-8-13-12(4)26-17(15(13)18(24)25-9-2)21-16(23)14-10-20-22(11(14)3)19(5,6)7/h10H,8-9H2,1-7H3,(H,21,23). The fourth-order valence-corrected chi connectivity index (χ4v) is 4.12. The molecule has 0 aliphatic rings. The molecule has 7 heteroatoms. The summed E-state index contributed by atoms with van der Waals surface area (Å²) in [5.74, 6) is -0.668. The third-order valence-electron chi connectivity index (χ3n) is 4.16. The Morgan fingerprint density at radius 3 is 2.42 bits per heavy atom. The molecule has 0 saturated heterocycles. The summed E-state index contributed by atoms with van der Waals surface area (Å²) in [6.07, 6.45) is 2.27. The zero-order valence-electron chi connectivity index (χ0n) is 16.5. The number of nitrogens with zero attached hydrogens (tertiary/aromatic N) is 2. The minimum Gasteiger partial charge on any atom is -0.462 e. The highest BCUT2D eigenvalue weighted by molar-refractivity contribution is 7.16. The number of aromatic nitrogens is 2. The van der Waals surface area contributed by atoms with Crippen LogP contribution in [0.1, 0.15) is 71.5 Å². The van der Waals surface area contributed by atoms with E-state index >= 15 is 0 Å². The summed E-state index contributed by atoms with van der Waals surface area (Å²) in [6, 6.07) is 0. The summed E-state index contributed by atoms with van der Waals surface area (Å²) >= 11 is 1.40. The quantitative estimate of drug-likeness (QED) is 0.788. The van der Waals surface area contributed by atoms with Crippen LogP contribution in [0.5, 0.6) is 0 Å². The van der Waals surface area contributed by atoms with Gasteiger partial charge in [-0.1, -0.05) is 6.92 Å². The summed E-state index contributed by atoms with van der Waals surface area (Å²) in [7, 11) is 0. The number of nitrogens with one attached hydrogen (secondary N) is 1. The van der Waals surface area contributed by atoms with Crippen molar-refractivity contribution in [1.82, 2.24) is 9.78 Å². The van der Waals surface area contributed by atoms with Crippen LogP contribution >= 0.6 is 11.3 Å². The van der Waals surface area contributed by atoms with Gasteiger partial charge >= 0.3 is 5.97 Å². The number of rotatable bonds is 5. The second-order valence-corrected chi connectivity index (χ2v) is 8.32. The van der Waals surface area contributed by atoms with Gasteiger partial charge in [0.25, 0.3) is 5.91 Å². The first-order valence-electron chi connectivity index (χ1n) is 8.77. The first kappa shape index (κ1) is 20.2. The van der Waals surface area contributed by atoms with Crippen molar-refractivity contribution in [2.24, 2.45) is 0 Å². The molecule has 0 radical (unpaired) electrons. The molecule has 26 heavy (non-hydrogen) atoms. The summed E-state index contributed by atoms with van der Waals surface area (Å²) in [4.78, 5) is 26.2. The van der Waals surface area contributed by atoms with Crippen LogP contribution in [0, 0.1) is 13.8 Å². The van der Waals surface area contributed by atoms with E-state index < -0.39 is 5.97 Å². The van der Waals surface area contributed by atoms with Crippen LogP contribution in [0.3, 0.4) is 0 Å². The Morgan fingerprint density at radius 1 is 1.27 bits per heavy atom. The molecule has 2 aromatic rings. The summed E-state index contributed by atoms with van der Waals surface area (Å²) < 4.78 is 7.01. The summed E-state index contributed by atoms with van der Waals surface area (Å²) in [6.45, 7) is 14.0. The van der Waals surface area contributed by atoms with Crippen molar-refractivity contribution in [2.75, 3.05) is 11.9 Å². The summed E-state index contributed by atoms with van der Waals surface area (Å²) in [5, 5.41) is 7.77. The van der Waals surface area contributed by atoms with Crippen molar-refractivity contribution in [1.29, 1.82) is 0 Å². The van der Waals surface area contributed by atoms with Crippen molar-refractivity contribution in [3.63, 3.8) is 0 Å². The Morgan fingerprint density at radius 2 is 1.92 bits per heavy atom. The van der Waals surface area contributed by atoms with E-state index in [1.54, 1.807) is 13.1 Å². The number of anilines is 1. The van der Waals surface area contributed by atoms with Gasteiger partial charge in [0.2, 0.25) is 0 Å². The highest BCUT2D eigenvalue weighted by Gasteiger charge is 2.26. The van der Waals surface area contributed by atoms with Gasteiger partial charge < -0.3 is 10.1 Å². The molecule has 0 aliphatic carbocycles. The molecule has 1 amide bonds. The number of carbonyl (C=O) groups excluding carboxylic acids is 2. The fourth-order valence-electron chi connectivity index (χ4n) is 2.99. The van der Waals surface area contributed by atoms with Crippen molar-refractivity contribution in [3.05, 3.63) is 33.5 Å². The topological polar surface area (TPSA) is 73.2 Å². The van der Waals surface area contributed by atoms with E-state index in [1.165, 1.54) is 11.3 Å². The smallest absolute Gasteiger partial charge is 0.341 e. The zero-order chi connectivity index (χ0) is 19.6. The summed E-state index contributed by atoms with van der Waals surface area (Å²) in [5.41, 5.74) is 2.46. The van der Waals surface area contributed by atoms with Crippen LogP contribution in [0.15, 0.2) is 6.20 Å². The monoisotopic (exact) mass is 377 g/mol. The maximum Gasteiger partial charge on any atom is 0.341 e. The van der Waals surface area contributed by atoms with E-state index in [4.69, 9.17) is 4.74 Å². The van der Waals surface area contributed by atoms with Crippen LogP contribution < -0.4 is 5.32 Å². The van der Waals surface area contributed by atoms with E-state index in [9.17, 15) is 9.59 Å². The molecule has 2 aromatic heterocycles. The third-order valence-corrected chi connectivity index (χ3v) is 5.22. The molecule has 0 saturated carbocycles. The zero-order valence-corrected chi connectivity index (χ0v) is 17.3. The Bertz CT molecular complexity index is 828. The SMILES string of the molecule is CCOC(=O)c1c(NC(=O)c2cnn(C(C)(C)C)c2C)sc(C)c1CC. The number of aryl methyl sites for hydroxylation is 1. The number of hydrogen-bond acceptors (Lipinski definition) is 5. The lowest BCUT2D eigenvalue weighted by Gasteiger charge is -2.21. The third kappa shape index (κ3) is 3.82. The van der Waals surface area contributed by atoms with Crippen molar-refractivity contribution >= 4 is 28.2 Å². The van der Waals surface area contributed by atoms with E-state index in [-0.39, 0.29) is 11.4 Å². The van der Waals surface area contributed by atoms with E-state index in [0.717, 1.165) is 16.1 Å². The normalized spacial score (nSPS) is 11.5. The van der Waals surface area contributed by atoms with Gasteiger partial charge in [-0.25, -0.2) is 4.79 Å². The minimum absolute atomic E-state index is 0.215. The second kappa shape index (κ2) is 7.61. The van der Waals surface area contributed by atoms with E-state index in [0.29, 0.717) is 29.2 Å². The molecule has 0 unspecified atom stereocenters. The molecule has 0 spiro atoms. The lowest BCUT2D eigenvalue weighted by atomic mass is 10.1. The first-order valence-corrected chi connectivity index (χ1v) is 9.59. The number of esters is 1. The van der Waals surface area contributed by atoms with Crippen LogP contribution in [0.2, 0.25) is 0 Å². The number of thiophene rings is 1. The van der Waals surface area contributed by atoms with Crippen molar-refractivity contribution < 1.29 is 14.3 Å². The molecule has 1 N–H and O–H groups in total. The molecule has 142 valence electrons. The molecule has 0 aromatic carbocycles. The highest BCUT2D eigenvalue weighted by atomic mass is 32.1. The van der Waals surface area contributed by atoms with Crippen molar-refractivity contribution in [3.8, 4) is 0 Å². The number of ether oxygens (including phenoxy) is 1. The molecule has 0 aliphatic heterocycles. The van der Waals surface area contributed by atoms with Gasteiger partial charge in [-0.05, 0) is 53.5 Å². The molecular weight excluding hydrogens is 350 g/mol. The molecule has 2 rings (SSSR count). The second-order valence-electron chi connectivity index (χ2n) is 7.10. The maximum absolute atomic E-state index is 12.8. The number of amides is 1. The average Bonchev–Trinajstić information content (AvgIpc) is 3.06. The van der Waals surface area contributed by atoms with Gasteiger partial charge in [-0.2, -0.15) is 5.10 Å². The van der Waals surface area contributed by atoms with Gasteiger partial charge in [-0.3, -0.25) is 9.48 Å². The van der Waals surface area contributed by atoms with Crippen molar-refractivity contribution in [2.45, 2.75) is 60.4 Å². The van der Waals surface area contributed by atoms with Gasteiger partial charge in [0.05, 0.1) is 29.5 Å². The van der Waals surface area contributed by atoms with Crippen LogP contribution in [-0.4, -0.2) is 28.3 Å². The maximum atomic E-state index is 12.8. The number of hydrogen-bond donors (Lipinski definition) is 1. The predicted octanol–water partition coefficient (Wildman–Crippen LogP) is 4.31. The lowest BCUT2D eigenvalue weighted by molar-refractivity contribution is 0.0527. The van der Waals surface area contributed by atoms with Gasteiger partial charge in [0, 0.05) is 10.6 Å². The van der Waals surface area contributed by atoms with Gasteiger partial charge in [0.15, 0.2) is 0 Å². The Labute approximate surface area is 158 Å². The first-order chi connectivity index (χ1) is 12.1. The van der Waals surface area contributed by atoms with E-state index in [1.807, 2.05) is 46.2 Å². The van der Waals surface area contributed by atoms with Crippen LogP contribution in [0.25, 0.3) is 0 Å². The average molecular weight is 378 g/mol. The molecule has 6 nitrogen and oxygen atoms in total. The van der Waals surface area contributed by atoms with Gasteiger partial charge in [-0.15, -0.1) is 11.3 Å². The number of carbonyl (C=O) groups is 2.